The zero-order valence-corrected chi connectivity index (χ0v) is 12.0. The van der Waals surface area contributed by atoms with Crippen molar-refractivity contribution in [3.05, 3.63) is 34.4 Å². The number of nitrogens with zero attached hydrogens (tertiary/aromatic N) is 1. The number of imide groups is 1. The molecule has 4 heteroatoms. The van der Waals surface area contributed by atoms with E-state index in [1.54, 1.807) is 0 Å². The van der Waals surface area contributed by atoms with Crippen LogP contribution in [0.5, 0.6) is 0 Å². The lowest BCUT2D eigenvalue weighted by atomic mass is 10.0. The summed E-state index contributed by atoms with van der Waals surface area (Å²) in [6, 6.07) is 3.88. The number of carboxylic acid groups (broad SMARTS) is 1. The minimum absolute atomic E-state index is 0.121. The zero-order valence-electron chi connectivity index (χ0n) is 12.0. The molecular formula is C15H21NO3. The van der Waals surface area contributed by atoms with Crippen LogP contribution in [-0.2, 0) is 11.3 Å². The van der Waals surface area contributed by atoms with E-state index in [2.05, 4.69) is 0 Å². The molecule has 2 amide bonds. The van der Waals surface area contributed by atoms with Crippen molar-refractivity contribution in [2.45, 2.75) is 47.1 Å². The summed E-state index contributed by atoms with van der Waals surface area (Å²) in [6.07, 6.45) is -0.278. The molecule has 0 unspecified atom stereocenters. The Balaban J connectivity index is 2.97. The second-order valence-electron chi connectivity index (χ2n) is 4.87. The smallest absolute Gasteiger partial charge is 0.414 e. The molecule has 0 fully saturated rings. The number of benzene rings is 1. The van der Waals surface area contributed by atoms with Gasteiger partial charge in [-0.1, -0.05) is 19.1 Å². The van der Waals surface area contributed by atoms with E-state index in [0.29, 0.717) is 6.42 Å². The number of hydrogen-bond donors (Lipinski definition) is 1. The minimum Gasteiger partial charge on any atom is -0.465 e. The average molecular weight is 263 g/mol. The summed E-state index contributed by atoms with van der Waals surface area (Å²) in [4.78, 5) is 23.8. The van der Waals surface area contributed by atoms with E-state index in [1.807, 2.05) is 39.8 Å². The molecule has 1 aromatic carbocycles. The first-order chi connectivity index (χ1) is 8.86. The van der Waals surface area contributed by atoms with Gasteiger partial charge in [0.15, 0.2) is 0 Å². The number of rotatable bonds is 4. The molecule has 0 heterocycles. The standard InChI is InChI=1S/C15H21NO3/c1-5-6-14(17)16(15(18)19)9-13-7-10(2)12(4)11(3)8-13/h7-8H,5-6,9H2,1-4H3,(H,18,19). The third kappa shape index (κ3) is 3.81. The van der Waals surface area contributed by atoms with Crippen molar-refractivity contribution in [2.75, 3.05) is 0 Å². The van der Waals surface area contributed by atoms with E-state index in [9.17, 15) is 9.59 Å². The Morgan fingerprint density at radius 3 is 2.11 bits per heavy atom. The lowest BCUT2D eigenvalue weighted by Gasteiger charge is -2.18. The van der Waals surface area contributed by atoms with Crippen molar-refractivity contribution in [2.24, 2.45) is 0 Å². The van der Waals surface area contributed by atoms with Crippen LogP contribution in [0.2, 0.25) is 0 Å². The van der Waals surface area contributed by atoms with Crippen molar-refractivity contribution in [3.8, 4) is 0 Å². The van der Waals surface area contributed by atoms with Crippen LogP contribution in [0.3, 0.4) is 0 Å². The van der Waals surface area contributed by atoms with E-state index in [-0.39, 0.29) is 18.9 Å². The molecule has 1 rings (SSSR count). The van der Waals surface area contributed by atoms with Crippen LogP contribution in [0, 0.1) is 20.8 Å². The number of amides is 2. The van der Waals surface area contributed by atoms with Crippen LogP contribution >= 0.6 is 0 Å². The van der Waals surface area contributed by atoms with Crippen LogP contribution in [0.25, 0.3) is 0 Å². The Morgan fingerprint density at radius 2 is 1.68 bits per heavy atom. The molecule has 0 saturated carbocycles. The van der Waals surface area contributed by atoms with Gasteiger partial charge in [-0.15, -0.1) is 0 Å². The van der Waals surface area contributed by atoms with Gasteiger partial charge in [0.1, 0.15) is 0 Å². The van der Waals surface area contributed by atoms with Crippen molar-refractivity contribution in [1.29, 1.82) is 0 Å². The molecule has 1 N–H and O–H groups in total. The maximum atomic E-state index is 11.8. The largest absolute Gasteiger partial charge is 0.465 e. The lowest BCUT2D eigenvalue weighted by molar-refractivity contribution is -0.129. The van der Waals surface area contributed by atoms with E-state index in [0.717, 1.165) is 21.6 Å². The molecule has 0 radical (unpaired) electrons. The quantitative estimate of drug-likeness (QED) is 0.905. The Labute approximate surface area is 114 Å². The highest BCUT2D eigenvalue weighted by Gasteiger charge is 2.20. The van der Waals surface area contributed by atoms with Crippen molar-refractivity contribution >= 4 is 12.0 Å². The second kappa shape index (κ2) is 6.36. The first-order valence-electron chi connectivity index (χ1n) is 6.46. The van der Waals surface area contributed by atoms with Crippen LogP contribution in [0.1, 0.15) is 42.0 Å². The molecule has 0 spiro atoms. The Morgan fingerprint density at radius 1 is 1.16 bits per heavy atom. The van der Waals surface area contributed by atoms with Gasteiger partial charge in [-0.2, -0.15) is 0 Å². The SMILES string of the molecule is CCCC(=O)N(Cc1cc(C)c(C)c(C)c1)C(=O)O. The maximum Gasteiger partial charge on any atom is 0.414 e. The van der Waals surface area contributed by atoms with Gasteiger partial charge in [0.2, 0.25) is 5.91 Å². The number of carbonyl (C=O) groups is 2. The number of aryl methyl sites for hydroxylation is 2. The summed E-state index contributed by atoms with van der Waals surface area (Å²) in [5, 5.41) is 9.13. The molecule has 4 nitrogen and oxygen atoms in total. The van der Waals surface area contributed by atoms with Gasteiger partial charge in [0.25, 0.3) is 0 Å². The van der Waals surface area contributed by atoms with Crippen LogP contribution in [0.15, 0.2) is 12.1 Å². The zero-order chi connectivity index (χ0) is 14.6. The number of hydrogen-bond acceptors (Lipinski definition) is 2. The molecule has 0 aromatic heterocycles. The maximum absolute atomic E-state index is 11.8. The van der Waals surface area contributed by atoms with E-state index in [1.165, 1.54) is 5.56 Å². The highest BCUT2D eigenvalue weighted by Crippen LogP contribution is 2.17. The Hall–Kier alpha value is -1.84. The van der Waals surface area contributed by atoms with Crippen molar-refractivity contribution in [1.82, 2.24) is 4.90 Å². The van der Waals surface area contributed by atoms with Crippen LogP contribution < -0.4 is 0 Å². The normalized spacial score (nSPS) is 10.3. The Bertz CT molecular complexity index is 471. The molecule has 0 aliphatic carbocycles. The van der Waals surface area contributed by atoms with Gasteiger partial charge in [0.05, 0.1) is 6.54 Å². The third-order valence-corrected chi connectivity index (χ3v) is 3.32. The monoisotopic (exact) mass is 263 g/mol. The van der Waals surface area contributed by atoms with Crippen LogP contribution in [-0.4, -0.2) is 22.0 Å². The summed E-state index contributed by atoms with van der Waals surface area (Å²) in [5.41, 5.74) is 4.28. The Kier molecular flexibility index (Phi) is 5.10. The molecule has 0 aliphatic rings. The predicted molar refractivity (Wildman–Crippen MR) is 74.1 cm³/mol. The average Bonchev–Trinajstić information content (AvgIpc) is 2.32. The summed E-state index contributed by atoms with van der Waals surface area (Å²) >= 11 is 0. The molecule has 0 atom stereocenters. The van der Waals surface area contributed by atoms with E-state index >= 15 is 0 Å². The predicted octanol–water partition coefficient (Wildman–Crippen LogP) is 3.42. The molecule has 104 valence electrons. The van der Waals surface area contributed by atoms with E-state index < -0.39 is 6.09 Å². The van der Waals surface area contributed by atoms with Gasteiger partial charge in [0, 0.05) is 6.42 Å². The molecule has 0 aliphatic heterocycles. The lowest BCUT2D eigenvalue weighted by Crippen LogP contribution is -2.35. The van der Waals surface area contributed by atoms with Gasteiger partial charge in [-0.05, 0) is 49.4 Å². The van der Waals surface area contributed by atoms with Gasteiger partial charge >= 0.3 is 6.09 Å². The summed E-state index contributed by atoms with van der Waals surface area (Å²) in [5.74, 6) is -0.342. The molecule has 19 heavy (non-hydrogen) atoms. The molecule has 1 aromatic rings. The first kappa shape index (κ1) is 15.2. The topological polar surface area (TPSA) is 57.6 Å². The minimum atomic E-state index is -1.19. The van der Waals surface area contributed by atoms with Crippen molar-refractivity contribution < 1.29 is 14.7 Å². The summed E-state index contributed by atoms with van der Waals surface area (Å²) in [7, 11) is 0. The van der Waals surface area contributed by atoms with E-state index in [4.69, 9.17) is 5.11 Å². The summed E-state index contributed by atoms with van der Waals surface area (Å²) < 4.78 is 0. The fourth-order valence-electron chi connectivity index (χ4n) is 2.01. The molecular weight excluding hydrogens is 242 g/mol. The molecule has 0 bridgehead atoms. The number of carbonyl (C=O) groups excluding carboxylic acids is 1. The summed E-state index contributed by atoms with van der Waals surface area (Å²) in [6.45, 7) is 8.00. The van der Waals surface area contributed by atoms with Gasteiger partial charge in [-0.3, -0.25) is 4.79 Å². The van der Waals surface area contributed by atoms with Crippen LogP contribution in [0.4, 0.5) is 4.79 Å². The molecule has 0 saturated heterocycles. The highest BCUT2D eigenvalue weighted by atomic mass is 16.4. The highest BCUT2D eigenvalue weighted by molar-refractivity contribution is 5.91. The first-order valence-corrected chi connectivity index (χ1v) is 6.46. The van der Waals surface area contributed by atoms with Gasteiger partial charge in [-0.25, -0.2) is 9.69 Å². The van der Waals surface area contributed by atoms with Gasteiger partial charge < -0.3 is 5.11 Å². The fourth-order valence-corrected chi connectivity index (χ4v) is 2.01. The second-order valence-corrected chi connectivity index (χ2v) is 4.87. The fraction of sp³-hybridized carbons (Fsp3) is 0.467. The third-order valence-electron chi connectivity index (χ3n) is 3.32. The van der Waals surface area contributed by atoms with Crippen molar-refractivity contribution in [3.63, 3.8) is 0 Å².